The monoisotopic (exact) mass is 308 g/mol. The molecule has 0 bridgehead atoms. The summed E-state index contributed by atoms with van der Waals surface area (Å²) in [6.07, 6.45) is 4.88. The van der Waals surface area contributed by atoms with E-state index < -0.39 is 23.3 Å². The smallest absolute Gasteiger partial charge is 0.137 e. The number of halogens is 2. The van der Waals surface area contributed by atoms with Gasteiger partial charge in [-0.05, 0) is 25.8 Å². The lowest BCUT2D eigenvalue weighted by Crippen LogP contribution is -2.50. The van der Waals surface area contributed by atoms with Crippen LogP contribution in [0.3, 0.4) is 0 Å². The predicted molar refractivity (Wildman–Crippen MR) is 75.9 cm³/mol. The Labute approximate surface area is 127 Å². The van der Waals surface area contributed by atoms with E-state index in [4.69, 9.17) is 0 Å². The summed E-state index contributed by atoms with van der Waals surface area (Å²) in [5.74, 6) is -1.45. The molecule has 0 radical (unpaired) electrons. The largest absolute Gasteiger partial charge is 0.381 e. The van der Waals surface area contributed by atoms with Crippen LogP contribution in [0.2, 0.25) is 0 Å². The summed E-state index contributed by atoms with van der Waals surface area (Å²) >= 11 is 0. The van der Waals surface area contributed by atoms with Gasteiger partial charge < -0.3 is 10.4 Å². The highest BCUT2D eigenvalue weighted by Gasteiger charge is 2.41. The number of hydrogen-bond donors (Lipinski definition) is 2. The Kier molecular flexibility index (Phi) is 3.92. The van der Waals surface area contributed by atoms with Crippen molar-refractivity contribution in [2.45, 2.75) is 44.0 Å². The van der Waals surface area contributed by atoms with E-state index in [1.807, 2.05) is 0 Å². The molecule has 1 aliphatic carbocycles. The molecule has 1 aromatic heterocycles. The van der Waals surface area contributed by atoms with Gasteiger partial charge in [0.25, 0.3) is 0 Å². The van der Waals surface area contributed by atoms with Crippen molar-refractivity contribution >= 4 is 0 Å². The lowest BCUT2D eigenvalue weighted by atomic mass is 9.86. The third-order valence-electron chi connectivity index (χ3n) is 4.05. The molecule has 118 valence electrons. The Morgan fingerprint density at radius 1 is 1.45 bits per heavy atom. The molecule has 7 heteroatoms. The number of hydrogen-bond acceptors (Lipinski definition) is 4. The highest BCUT2D eigenvalue weighted by molar-refractivity contribution is 5.27. The summed E-state index contributed by atoms with van der Waals surface area (Å²) in [6, 6.07) is 3.12. The van der Waals surface area contributed by atoms with Crippen molar-refractivity contribution < 1.29 is 13.9 Å². The summed E-state index contributed by atoms with van der Waals surface area (Å²) in [5, 5.41) is 18.4. The van der Waals surface area contributed by atoms with Crippen LogP contribution in [-0.2, 0) is 12.1 Å². The Bertz CT molecular complexity index is 645. The number of nitrogens with one attached hydrogen (secondary N) is 1. The summed E-state index contributed by atoms with van der Waals surface area (Å²) in [6.45, 7) is 1.81. The van der Waals surface area contributed by atoms with Crippen molar-refractivity contribution in [1.29, 1.82) is 0 Å². The first-order valence-electron chi connectivity index (χ1n) is 7.25. The van der Waals surface area contributed by atoms with E-state index in [1.165, 1.54) is 23.4 Å². The maximum atomic E-state index is 14.2. The zero-order valence-corrected chi connectivity index (χ0v) is 12.2. The molecule has 0 aliphatic heterocycles. The van der Waals surface area contributed by atoms with Crippen LogP contribution in [0.4, 0.5) is 8.78 Å². The van der Waals surface area contributed by atoms with Crippen molar-refractivity contribution in [3.63, 3.8) is 0 Å². The minimum Gasteiger partial charge on any atom is -0.381 e. The van der Waals surface area contributed by atoms with Gasteiger partial charge in [0.2, 0.25) is 0 Å². The van der Waals surface area contributed by atoms with Crippen molar-refractivity contribution in [2.24, 2.45) is 0 Å². The average molecular weight is 308 g/mol. The molecule has 0 spiro atoms. The molecular formula is C15H18F2N4O. The zero-order chi connectivity index (χ0) is 15.7. The molecule has 2 unspecified atom stereocenters. The third-order valence-corrected chi connectivity index (χ3v) is 4.05. The lowest BCUT2D eigenvalue weighted by molar-refractivity contribution is -0.0206. The van der Waals surface area contributed by atoms with Crippen LogP contribution >= 0.6 is 0 Å². The van der Waals surface area contributed by atoms with E-state index in [0.717, 1.165) is 25.0 Å². The Morgan fingerprint density at radius 2 is 2.23 bits per heavy atom. The first kappa shape index (κ1) is 15.1. The molecule has 1 aliphatic rings. The molecule has 2 atom stereocenters. The van der Waals surface area contributed by atoms with E-state index in [1.54, 1.807) is 6.92 Å². The van der Waals surface area contributed by atoms with E-state index in [0.29, 0.717) is 6.04 Å². The van der Waals surface area contributed by atoms with Crippen LogP contribution in [0.15, 0.2) is 30.9 Å². The number of aliphatic hydroxyl groups is 1. The number of benzene rings is 1. The van der Waals surface area contributed by atoms with Crippen molar-refractivity contribution in [1.82, 2.24) is 20.1 Å². The van der Waals surface area contributed by atoms with Gasteiger partial charge >= 0.3 is 0 Å². The second-order valence-corrected chi connectivity index (χ2v) is 5.80. The van der Waals surface area contributed by atoms with Gasteiger partial charge in [-0.25, -0.2) is 18.4 Å². The molecule has 2 N–H and O–H groups in total. The summed E-state index contributed by atoms with van der Waals surface area (Å²) in [7, 11) is 0. The predicted octanol–water partition coefficient (Wildman–Crippen LogP) is 1.58. The standard InChI is InChI=1S/C15H18F2N4O/c1-10(20-12-3-4-12)15(22,7-21-9-18-8-19-21)13-5-2-11(16)6-14(13)17/h2,5-6,8-10,12,20,22H,3-4,7H2,1H3. The Hall–Kier alpha value is -1.86. The van der Waals surface area contributed by atoms with Crippen LogP contribution in [-0.4, -0.2) is 32.0 Å². The maximum Gasteiger partial charge on any atom is 0.137 e. The quantitative estimate of drug-likeness (QED) is 0.850. The number of nitrogens with zero attached hydrogens (tertiary/aromatic N) is 3. The second kappa shape index (κ2) is 5.73. The molecule has 22 heavy (non-hydrogen) atoms. The molecule has 0 amide bonds. The molecule has 3 rings (SSSR count). The maximum absolute atomic E-state index is 14.2. The molecule has 2 aromatic rings. The fraction of sp³-hybridized carbons (Fsp3) is 0.467. The molecule has 1 saturated carbocycles. The van der Waals surface area contributed by atoms with Crippen LogP contribution in [0.25, 0.3) is 0 Å². The van der Waals surface area contributed by atoms with Crippen molar-refractivity contribution in [2.75, 3.05) is 0 Å². The first-order valence-corrected chi connectivity index (χ1v) is 7.25. The molecule has 0 saturated heterocycles. The summed E-state index contributed by atoms with van der Waals surface area (Å²) in [5.41, 5.74) is -1.52. The molecule has 1 aromatic carbocycles. The van der Waals surface area contributed by atoms with Gasteiger partial charge in [-0.3, -0.25) is 0 Å². The van der Waals surface area contributed by atoms with E-state index in [9.17, 15) is 13.9 Å². The van der Waals surface area contributed by atoms with Crippen molar-refractivity contribution in [3.8, 4) is 0 Å². The SMILES string of the molecule is CC(NC1CC1)C(O)(Cn1cncn1)c1ccc(F)cc1F. The molecular weight excluding hydrogens is 290 g/mol. The highest BCUT2D eigenvalue weighted by Crippen LogP contribution is 2.32. The van der Waals surface area contributed by atoms with Gasteiger partial charge in [-0.2, -0.15) is 5.10 Å². The topological polar surface area (TPSA) is 63.0 Å². The van der Waals surface area contributed by atoms with Crippen LogP contribution in [0.1, 0.15) is 25.3 Å². The van der Waals surface area contributed by atoms with E-state index in [2.05, 4.69) is 15.4 Å². The van der Waals surface area contributed by atoms with Gasteiger partial charge in [0.1, 0.15) is 29.9 Å². The lowest BCUT2D eigenvalue weighted by Gasteiger charge is -2.35. The van der Waals surface area contributed by atoms with Crippen LogP contribution < -0.4 is 5.32 Å². The van der Waals surface area contributed by atoms with Gasteiger partial charge in [-0.1, -0.05) is 6.07 Å². The van der Waals surface area contributed by atoms with Gasteiger partial charge in [0, 0.05) is 23.7 Å². The zero-order valence-electron chi connectivity index (χ0n) is 12.2. The normalized spacial score (nSPS) is 18.9. The molecule has 1 heterocycles. The second-order valence-electron chi connectivity index (χ2n) is 5.80. The Balaban J connectivity index is 1.96. The van der Waals surface area contributed by atoms with Crippen molar-refractivity contribution in [3.05, 3.63) is 48.1 Å². The highest BCUT2D eigenvalue weighted by atomic mass is 19.1. The summed E-state index contributed by atoms with van der Waals surface area (Å²) < 4.78 is 28.8. The molecule has 1 fully saturated rings. The average Bonchev–Trinajstić information content (AvgIpc) is 3.12. The first-order chi connectivity index (χ1) is 10.5. The minimum absolute atomic E-state index is 0.0242. The summed E-state index contributed by atoms with van der Waals surface area (Å²) in [4.78, 5) is 3.84. The van der Waals surface area contributed by atoms with Crippen LogP contribution in [0, 0.1) is 11.6 Å². The number of aromatic nitrogens is 3. The van der Waals surface area contributed by atoms with Gasteiger partial charge in [0.05, 0.1) is 6.54 Å². The van der Waals surface area contributed by atoms with E-state index >= 15 is 0 Å². The van der Waals surface area contributed by atoms with E-state index in [-0.39, 0.29) is 12.1 Å². The molecule has 5 nitrogen and oxygen atoms in total. The fourth-order valence-electron chi connectivity index (χ4n) is 2.60. The number of rotatable bonds is 6. The Morgan fingerprint density at radius 3 is 2.82 bits per heavy atom. The minimum atomic E-state index is -1.56. The van der Waals surface area contributed by atoms with Crippen LogP contribution in [0.5, 0.6) is 0 Å². The van der Waals surface area contributed by atoms with Gasteiger partial charge in [0.15, 0.2) is 0 Å². The fourth-order valence-corrected chi connectivity index (χ4v) is 2.60. The third kappa shape index (κ3) is 3.00. The van der Waals surface area contributed by atoms with Gasteiger partial charge in [-0.15, -0.1) is 0 Å².